The average molecular weight is 300 g/mol. The number of halogens is 1. The fraction of sp³-hybridized carbons (Fsp3) is 0.412. The minimum absolute atomic E-state index is 0.267. The molecule has 0 atom stereocenters. The minimum Gasteiger partial charge on any atom is -0.351 e. The van der Waals surface area contributed by atoms with E-state index in [0.717, 1.165) is 5.69 Å². The van der Waals surface area contributed by atoms with Crippen molar-refractivity contribution >= 4 is 17.5 Å². The summed E-state index contributed by atoms with van der Waals surface area (Å²) in [5, 5.41) is 6.56. The molecule has 1 saturated carbocycles. The summed E-state index contributed by atoms with van der Waals surface area (Å²) in [6, 6.07) is 8.68. The third-order valence-corrected chi connectivity index (χ3v) is 3.89. The van der Waals surface area contributed by atoms with Crippen molar-refractivity contribution in [3.63, 3.8) is 0 Å². The number of hydrogen-bond acceptors (Lipinski definition) is 4. The number of nitrogens with one attached hydrogen (secondary N) is 2. The van der Waals surface area contributed by atoms with Gasteiger partial charge in [-0.25, -0.2) is 9.37 Å². The van der Waals surface area contributed by atoms with Crippen LogP contribution < -0.4 is 10.6 Å². The Morgan fingerprint density at radius 3 is 2.68 bits per heavy atom. The van der Waals surface area contributed by atoms with Crippen LogP contribution >= 0.6 is 0 Å². The first-order valence-electron chi connectivity index (χ1n) is 7.84. The molecule has 5 heteroatoms. The molecular formula is C17H21FN4. The second-order valence-electron chi connectivity index (χ2n) is 5.83. The molecule has 1 heterocycles. The molecule has 22 heavy (non-hydrogen) atoms. The molecule has 1 aromatic heterocycles. The molecule has 0 unspecified atom stereocenters. The summed E-state index contributed by atoms with van der Waals surface area (Å²) >= 11 is 0. The first-order valence-corrected chi connectivity index (χ1v) is 7.84. The van der Waals surface area contributed by atoms with Gasteiger partial charge in [0.15, 0.2) is 0 Å². The molecule has 4 nitrogen and oxygen atoms in total. The summed E-state index contributed by atoms with van der Waals surface area (Å²) < 4.78 is 13.3. The lowest BCUT2D eigenvalue weighted by Gasteiger charge is -2.23. The van der Waals surface area contributed by atoms with Gasteiger partial charge in [-0.3, -0.25) is 0 Å². The lowest BCUT2D eigenvalue weighted by molar-refractivity contribution is 0.461. The molecule has 1 aliphatic carbocycles. The van der Waals surface area contributed by atoms with Crippen molar-refractivity contribution in [1.82, 2.24) is 9.97 Å². The number of benzene rings is 1. The van der Waals surface area contributed by atoms with Gasteiger partial charge in [0, 0.05) is 23.5 Å². The Morgan fingerprint density at radius 2 is 1.91 bits per heavy atom. The lowest BCUT2D eigenvalue weighted by Crippen LogP contribution is -2.23. The zero-order chi connectivity index (χ0) is 15.4. The lowest BCUT2D eigenvalue weighted by atomic mass is 9.96. The second kappa shape index (κ2) is 6.73. The topological polar surface area (TPSA) is 49.8 Å². The summed E-state index contributed by atoms with van der Waals surface area (Å²) in [6.45, 7) is 1.94. The molecule has 0 radical (unpaired) electrons. The predicted molar refractivity (Wildman–Crippen MR) is 86.9 cm³/mol. The van der Waals surface area contributed by atoms with Crippen LogP contribution in [0.4, 0.5) is 21.8 Å². The number of aryl methyl sites for hydroxylation is 1. The van der Waals surface area contributed by atoms with Gasteiger partial charge >= 0.3 is 0 Å². The Bertz CT molecular complexity index is 638. The Kier molecular flexibility index (Phi) is 4.51. The van der Waals surface area contributed by atoms with Crippen molar-refractivity contribution in [2.75, 3.05) is 10.6 Å². The van der Waals surface area contributed by atoms with E-state index in [2.05, 4.69) is 20.6 Å². The third kappa shape index (κ3) is 3.93. The Morgan fingerprint density at radius 1 is 1.09 bits per heavy atom. The largest absolute Gasteiger partial charge is 0.351 e. The summed E-state index contributed by atoms with van der Waals surface area (Å²) in [5.41, 5.74) is 1.56. The minimum atomic E-state index is -0.267. The van der Waals surface area contributed by atoms with Gasteiger partial charge in [0.1, 0.15) is 11.6 Å². The summed E-state index contributed by atoms with van der Waals surface area (Å²) in [7, 11) is 0. The molecule has 2 aromatic rings. The molecule has 0 bridgehead atoms. The number of rotatable bonds is 4. The maximum absolute atomic E-state index is 13.3. The normalized spacial score (nSPS) is 15.5. The third-order valence-electron chi connectivity index (χ3n) is 3.89. The Hall–Kier alpha value is -2.17. The standard InChI is InChI=1S/C17H21FN4/c1-12-10-16(20-15-9-5-6-13(18)11-15)22-17(19-12)21-14-7-3-2-4-8-14/h5-6,9-11,14H,2-4,7-8H2,1H3,(H2,19,20,21,22). The molecule has 1 aromatic carbocycles. The van der Waals surface area contributed by atoms with Crippen molar-refractivity contribution < 1.29 is 4.39 Å². The van der Waals surface area contributed by atoms with Crippen LogP contribution in [-0.4, -0.2) is 16.0 Å². The first kappa shape index (κ1) is 14.8. The van der Waals surface area contributed by atoms with Crippen LogP contribution in [0, 0.1) is 12.7 Å². The van der Waals surface area contributed by atoms with Gasteiger partial charge in [-0.15, -0.1) is 0 Å². The van der Waals surface area contributed by atoms with E-state index in [4.69, 9.17) is 0 Å². The van der Waals surface area contributed by atoms with Gasteiger partial charge in [-0.1, -0.05) is 25.3 Å². The number of nitrogens with zero attached hydrogens (tertiary/aromatic N) is 2. The first-order chi connectivity index (χ1) is 10.7. The number of anilines is 3. The fourth-order valence-corrected chi connectivity index (χ4v) is 2.84. The van der Waals surface area contributed by atoms with Crippen LogP contribution in [0.5, 0.6) is 0 Å². The molecule has 0 aliphatic heterocycles. The van der Waals surface area contributed by atoms with E-state index < -0.39 is 0 Å². The molecule has 0 amide bonds. The SMILES string of the molecule is Cc1cc(Nc2cccc(F)c2)nc(NC2CCCCC2)n1. The van der Waals surface area contributed by atoms with Crippen LogP contribution in [0.15, 0.2) is 30.3 Å². The molecule has 116 valence electrons. The van der Waals surface area contributed by atoms with E-state index in [-0.39, 0.29) is 5.82 Å². The zero-order valence-corrected chi connectivity index (χ0v) is 12.8. The highest BCUT2D eigenvalue weighted by Crippen LogP contribution is 2.22. The predicted octanol–water partition coefficient (Wildman–Crippen LogP) is 4.41. The maximum Gasteiger partial charge on any atom is 0.225 e. The summed E-state index contributed by atoms with van der Waals surface area (Å²) in [6.07, 6.45) is 6.18. The molecule has 3 rings (SSSR count). The highest BCUT2D eigenvalue weighted by Gasteiger charge is 2.14. The van der Waals surface area contributed by atoms with Crippen molar-refractivity contribution in [3.05, 3.63) is 41.8 Å². The molecule has 2 N–H and O–H groups in total. The second-order valence-corrected chi connectivity index (χ2v) is 5.83. The highest BCUT2D eigenvalue weighted by atomic mass is 19.1. The Labute approximate surface area is 130 Å². The summed E-state index contributed by atoms with van der Waals surface area (Å²) in [5.74, 6) is 1.05. The smallest absolute Gasteiger partial charge is 0.225 e. The zero-order valence-electron chi connectivity index (χ0n) is 12.8. The van der Waals surface area contributed by atoms with E-state index in [9.17, 15) is 4.39 Å². The van der Waals surface area contributed by atoms with Gasteiger partial charge in [0.2, 0.25) is 5.95 Å². The van der Waals surface area contributed by atoms with E-state index >= 15 is 0 Å². The highest BCUT2D eigenvalue weighted by molar-refractivity contribution is 5.57. The summed E-state index contributed by atoms with van der Waals surface area (Å²) in [4.78, 5) is 8.95. The van der Waals surface area contributed by atoms with Gasteiger partial charge < -0.3 is 10.6 Å². The van der Waals surface area contributed by atoms with Crippen molar-refractivity contribution in [2.24, 2.45) is 0 Å². The van der Waals surface area contributed by atoms with Gasteiger partial charge in [0.25, 0.3) is 0 Å². The van der Waals surface area contributed by atoms with Crippen LogP contribution in [0.1, 0.15) is 37.8 Å². The van der Waals surface area contributed by atoms with E-state index in [1.165, 1.54) is 44.2 Å². The average Bonchev–Trinajstić information content (AvgIpc) is 2.47. The van der Waals surface area contributed by atoms with Crippen LogP contribution in [0.25, 0.3) is 0 Å². The van der Waals surface area contributed by atoms with E-state index in [0.29, 0.717) is 23.5 Å². The van der Waals surface area contributed by atoms with E-state index in [1.807, 2.05) is 19.1 Å². The van der Waals surface area contributed by atoms with Gasteiger partial charge in [0.05, 0.1) is 0 Å². The van der Waals surface area contributed by atoms with Crippen LogP contribution in [-0.2, 0) is 0 Å². The molecule has 0 spiro atoms. The number of aromatic nitrogens is 2. The molecular weight excluding hydrogens is 279 g/mol. The molecule has 1 fully saturated rings. The van der Waals surface area contributed by atoms with Gasteiger partial charge in [-0.2, -0.15) is 4.98 Å². The molecule has 1 aliphatic rings. The van der Waals surface area contributed by atoms with E-state index in [1.54, 1.807) is 6.07 Å². The molecule has 0 saturated heterocycles. The maximum atomic E-state index is 13.3. The Balaban J connectivity index is 1.74. The fourth-order valence-electron chi connectivity index (χ4n) is 2.84. The number of hydrogen-bond donors (Lipinski definition) is 2. The van der Waals surface area contributed by atoms with Crippen molar-refractivity contribution in [1.29, 1.82) is 0 Å². The monoisotopic (exact) mass is 300 g/mol. The van der Waals surface area contributed by atoms with Crippen LogP contribution in [0.2, 0.25) is 0 Å². The van der Waals surface area contributed by atoms with Crippen LogP contribution in [0.3, 0.4) is 0 Å². The van der Waals surface area contributed by atoms with Gasteiger partial charge in [-0.05, 0) is 38.0 Å². The van der Waals surface area contributed by atoms with Crippen molar-refractivity contribution in [3.8, 4) is 0 Å². The quantitative estimate of drug-likeness (QED) is 0.878. The van der Waals surface area contributed by atoms with Crippen molar-refractivity contribution in [2.45, 2.75) is 45.1 Å².